The van der Waals surface area contributed by atoms with Crippen LogP contribution in [0.5, 0.6) is 0 Å². The Kier molecular flexibility index (Phi) is 4.74. The molecule has 0 aromatic heterocycles. The van der Waals surface area contributed by atoms with Crippen LogP contribution in [0.15, 0.2) is 0 Å². The van der Waals surface area contributed by atoms with E-state index in [2.05, 4.69) is 5.32 Å². The van der Waals surface area contributed by atoms with E-state index in [0.29, 0.717) is 0 Å². The van der Waals surface area contributed by atoms with Gasteiger partial charge in [-0.15, -0.1) is 0 Å². The molecule has 1 fully saturated rings. The third-order valence-corrected chi connectivity index (χ3v) is 3.52. The number of rotatable bonds is 4. The Labute approximate surface area is 97.6 Å². The first-order valence-electron chi connectivity index (χ1n) is 6.20. The van der Waals surface area contributed by atoms with E-state index < -0.39 is 5.54 Å². The van der Waals surface area contributed by atoms with Crippen LogP contribution in [0.25, 0.3) is 0 Å². The zero-order chi connectivity index (χ0) is 12.2. The summed E-state index contributed by atoms with van der Waals surface area (Å²) in [6, 6.07) is -0.185. The van der Waals surface area contributed by atoms with Crippen LogP contribution in [-0.2, 0) is 4.79 Å². The van der Waals surface area contributed by atoms with Gasteiger partial charge in [0.2, 0.25) is 5.91 Å². The number of hydrogen-bond donors (Lipinski definition) is 3. The van der Waals surface area contributed by atoms with Crippen molar-refractivity contribution in [1.29, 1.82) is 0 Å². The summed E-state index contributed by atoms with van der Waals surface area (Å²) in [7, 11) is 0. The lowest BCUT2D eigenvalue weighted by molar-refractivity contribution is -0.128. The lowest BCUT2D eigenvalue weighted by atomic mass is 9.81. The number of aliphatic hydroxyl groups excluding tert-OH is 1. The number of nitrogens with two attached hydrogens (primary N) is 1. The fourth-order valence-corrected chi connectivity index (χ4v) is 2.14. The lowest BCUT2D eigenvalue weighted by Gasteiger charge is -2.34. The van der Waals surface area contributed by atoms with Crippen molar-refractivity contribution in [1.82, 2.24) is 5.32 Å². The Morgan fingerprint density at radius 2 is 1.94 bits per heavy atom. The smallest absolute Gasteiger partial charge is 0.240 e. The molecule has 0 aromatic carbocycles. The molecule has 4 N–H and O–H groups in total. The van der Waals surface area contributed by atoms with Gasteiger partial charge in [0.15, 0.2) is 0 Å². The Morgan fingerprint density at radius 1 is 1.38 bits per heavy atom. The summed E-state index contributed by atoms with van der Waals surface area (Å²) in [5.41, 5.74) is 5.40. The van der Waals surface area contributed by atoms with E-state index in [9.17, 15) is 9.90 Å². The van der Waals surface area contributed by atoms with Gasteiger partial charge in [0, 0.05) is 0 Å². The van der Waals surface area contributed by atoms with Crippen molar-refractivity contribution < 1.29 is 9.90 Å². The van der Waals surface area contributed by atoms with Crippen molar-refractivity contribution >= 4 is 5.91 Å². The summed E-state index contributed by atoms with van der Waals surface area (Å²) < 4.78 is 0. The van der Waals surface area contributed by atoms with Gasteiger partial charge in [-0.2, -0.15) is 0 Å². The molecule has 0 heterocycles. The second kappa shape index (κ2) is 5.64. The molecule has 1 saturated carbocycles. The number of amides is 1. The highest BCUT2D eigenvalue weighted by Gasteiger charge is 2.36. The molecule has 1 unspecified atom stereocenters. The number of nitrogens with one attached hydrogen (secondary N) is 1. The SMILES string of the molecule is CC(C)C(CO)NC(=O)C1(N)CCCCC1. The Hall–Kier alpha value is -0.610. The minimum absolute atomic E-state index is 0.0283. The summed E-state index contributed by atoms with van der Waals surface area (Å²) in [5, 5.41) is 12.0. The van der Waals surface area contributed by atoms with Crippen LogP contribution in [0.4, 0.5) is 0 Å². The van der Waals surface area contributed by atoms with Crippen LogP contribution >= 0.6 is 0 Å². The zero-order valence-corrected chi connectivity index (χ0v) is 10.3. The minimum atomic E-state index is -0.708. The summed E-state index contributed by atoms with van der Waals surface area (Å²) in [5.74, 6) is 0.126. The van der Waals surface area contributed by atoms with Gasteiger partial charge in [-0.1, -0.05) is 33.1 Å². The van der Waals surface area contributed by atoms with Crippen LogP contribution in [0.3, 0.4) is 0 Å². The average Bonchev–Trinajstić information content (AvgIpc) is 2.26. The van der Waals surface area contributed by atoms with E-state index in [4.69, 9.17) is 5.73 Å². The zero-order valence-electron chi connectivity index (χ0n) is 10.3. The van der Waals surface area contributed by atoms with Crippen molar-refractivity contribution in [3.8, 4) is 0 Å². The predicted octanol–water partition coefficient (Wildman–Crippen LogP) is 0.781. The third-order valence-electron chi connectivity index (χ3n) is 3.52. The molecule has 94 valence electrons. The third kappa shape index (κ3) is 3.19. The number of carbonyl (C=O) groups is 1. The Bertz CT molecular complexity index is 235. The largest absolute Gasteiger partial charge is 0.394 e. The normalized spacial score (nSPS) is 21.8. The van der Waals surface area contributed by atoms with Crippen molar-refractivity contribution in [3.63, 3.8) is 0 Å². The summed E-state index contributed by atoms with van der Waals surface area (Å²) in [6.45, 7) is 3.93. The van der Waals surface area contributed by atoms with Crippen LogP contribution < -0.4 is 11.1 Å². The molecule has 0 spiro atoms. The highest BCUT2D eigenvalue weighted by atomic mass is 16.3. The van der Waals surface area contributed by atoms with E-state index in [0.717, 1.165) is 25.7 Å². The summed E-state index contributed by atoms with van der Waals surface area (Å²) >= 11 is 0. The molecule has 0 aromatic rings. The summed E-state index contributed by atoms with van der Waals surface area (Å²) in [6.07, 6.45) is 4.73. The monoisotopic (exact) mass is 228 g/mol. The molecule has 1 amide bonds. The molecule has 0 radical (unpaired) electrons. The quantitative estimate of drug-likeness (QED) is 0.665. The maximum absolute atomic E-state index is 12.0. The molecular formula is C12H24N2O2. The van der Waals surface area contributed by atoms with E-state index in [1.165, 1.54) is 6.42 Å². The first kappa shape index (κ1) is 13.5. The first-order chi connectivity index (χ1) is 7.49. The molecule has 1 atom stereocenters. The van der Waals surface area contributed by atoms with Gasteiger partial charge in [0.25, 0.3) is 0 Å². The first-order valence-corrected chi connectivity index (χ1v) is 6.20. The Balaban J connectivity index is 2.55. The fraction of sp³-hybridized carbons (Fsp3) is 0.917. The standard InChI is InChI=1S/C12H24N2O2/c1-9(2)10(8-15)14-11(16)12(13)6-4-3-5-7-12/h9-10,15H,3-8,13H2,1-2H3,(H,14,16). The van der Waals surface area contributed by atoms with Crippen LogP contribution in [-0.4, -0.2) is 29.2 Å². The molecule has 16 heavy (non-hydrogen) atoms. The van der Waals surface area contributed by atoms with Gasteiger partial charge in [-0.05, 0) is 18.8 Å². The number of carbonyl (C=O) groups excluding carboxylic acids is 1. The maximum atomic E-state index is 12.0. The van der Waals surface area contributed by atoms with Gasteiger partial charge >= 0.3 is 0 Å². The molecule has 4 nitrogen and oxygen atoms in total. The lowest BCUT2D eigenvalue weighted by Crippen LogP contribution is -2.58. The second-order valence-electron chi connectivity index (χ2n) is 5.22. The molecule has 0 saturated heterocycles. The molecular weight excluding hydrogens is 204 g/mol. The van der Waals surface area contributed by atoms with E-state index in [1.807, 2.05) is 13.8 Å². The van der Waals surface area contributed by atoms with E-state index in [1.54, 1.807) is 0 Å². The Morgan fingerprint density at radius 3 is 2.38 bits per heavy atom. The van der Waals surface area contributed by atoms with Crippen molar-refractivity contribution in [2.75, 3.05) is 6.61 Å². The second-order valence-corrected chi connectivity index (χ2v) is 5.22. The highest BCUT2D eigenvalue weighted by molar-refractivity contribution is 5.86. The minimum Gasteiger partial charge on any atom is -0.394 e. The van der Waals surface area contributed by atoms with Crippen LogP contribution in [0.1, 0.15) is 46.0 Å². The van der Waals surface area contributed by atoms with E-state index in [-0.39, 0.29) is 24.5 Å². The van der Waals surface area contributed by atoms with Crippen LogP contribution in [0.2, 0.25) is 0 Å². The van der Waals surface area contributed by atoms with Gasteiger partial charge < -0.3 is 16.2 Å². The molecule has 0 bridgehead atoms. The fourth-order valence-electron chi connectivity index (χ4n) is 2.14. The van der Waals surface area contributed by atoms with Crippen LogP contribution in [0, 0.1) is 5.92 Å². The molecule has 1 rings (SSSR count). The number of hydrogen-bond acceptors (Lipinski definition) is 3. The van der Waals surface area contributed by atoms with Gasteiger partial charge in [0.05, 0.1) is 18.2 Å². The molecule has 4 heteroatoms. The maximum Gasteiger partial charge on any atom is 0.240 e. The number of aliphatic hydroxyl groups is 1. The van der Waals surface area contributed by atoms with Gasteiger partial charge in [0.1, 0.15) is 0 Å². The average molecular weight is 228 g/mol. The van der Waals surface area contributed by atoms with Gasteiger partial charge in [-0.3, -0.25) is 4.79 Å². The molecule has 1 aliphatic carbocycles. The van der Waals surface area contributed by atoms with E-state index >= 15 is 0 Å². The molecule has 1 aliphatic rings. The topological polar surface area (TPSA) is 75.3 Å². The van der Waals surface area contributed by atoms with Gasteiger partial charge in [-0.25, -0.2) is 0 Å². The highest BCUT2D eigenvalue weighted by Crippen LogP contribution is 2.26. The predicted molar refractivity (Wildman–Crippen MR) is 63.9 cm³/mol. The summed E-state index contributed by atoms with van der Waals surface area (Å²) in [4.78, 5) is 12.0. The van der Waals surface area contributed by atoms with Crippen molar-refractivity contribution in [2.24, 2.45) is 11.7 Å². The van der Waals surface area contributed by atoms with Crippen molar-refractivity contribution in [3.05, 3.63) is 0 Å². The van der Waals surface area contributed by atoms with Crippen molar-refractivity contribution in [2.45, 2.75) is 57.5 Å². The molecule has 0 aliphatic heterocycles.